The van der Waals surface area contributed by atoms with Crippen LogP contribution in [0.2, 0.25) is 0 Å². The number of carbonyl (C=O) groups excluding carboxylic acids is 1. The van der Waals surface area contributed by atoms with Crippen molar-refractivity contribution in [3.05, 3.63) is 131 Å². The molecule has 0 bridgehead atoms. The van der Waals surface area contributed by atoms with Gasteiger partial charge in [-0.15, -0.1) is 0 Å². The van der Waals surface area contributed by atoms with E-state index in [9.17, 15) is 25.2 Å². The van der Waals surface area contributed by atoms with E-state index in [2.05, 4.69) is 20.2 Å². The van der Waals surface area contributed by atoms with Gasteiger partial charge in [-0.05, 0) is 67.1 Å². The van der Waals surface area contributed by atoms with Crippen molar-refractivity contribution in [1.82, 2.24) is 19.6 Å². The van der Waals surface area contributed by atoms with Crippen LogP contribution in [-0.4, -0.2) is 65.5 Å². The van der Waals surface area contributed by atoms with Gasteiger partial charge in [0.15, 0.2) is 0 Å². The topological polar surface area (TPSA) is 168 Å². The number of methoxy groups -OCH3 is 1. The van der Waals surface area contributed by atoms with Gasteiger partial charge in [0.05, 0.1) is 46.6 Å². The van der Waals surface area contributed by atoms with Gasteiger partial charge >= 0.3 is 5.97 Å². The fourth-order valence-corrected chi connectivity index (χ4v) is 5.56. The number of rotatable bonds is 7. The molecule has 0 aliphatic carbocycles. The molecule has 4 aromatic carbocycles. The molecule has 13 heteroatoms. The molecule has 4 N–H and O–H groups in total. The number of esters is 1. The van der Waals surface area contributed by atoms with Crippen molar-refractivity contribution < 1.29 is 46.7 Å². The molecule has 0 spiro atoms. The average Bonchev–Trinajstić information content (AvgIpc) is 3.68. The fourth-order valence-electron chi connectivity index (χ4n) is 5.56. The maximum Gasteiger partial charge on any atom is 0.337 e. The molecular formula is C43H46CoN6O6. The van der Waals surface area contributed by atoms with Crippen molar-refractivity contribution in [2.24, 2.45) is 9.98 Å². The zero-order valence-electron chi connectivity index (χ0n) is 32.5. The van der Waals surface area contributed by atoms with Crippen LogP contribution in [0.25, 0.3) is 11.4 Å². The van der Waals surface area contributed by atoms with Gasteiger partial charge < -0.3 is 25.2 Å². The van der Waals surface area contributed by atoms with Crippen LogP contribution < -0.4 is 0 Å². The summed E-state index contributed by atoms with van der Waals surface area (Å²) in [6, 6.07) is 28.2. The summed E-state index contributed by atoms with van der Waals surface area (Å²) in [6.45, 7) is 14.0. The molecule has 293 valence electrons. The summed E-state index contributed by atoms with van der Waals surface area (Å²) in [5.74, 6) is -0.567. The first-order valence-corrected chi connectivity index (χ1v) is 17.5. The minimum Gasteiger partial charge on any atom is -0.506 e. The molecule has 0 amide bonds. The van der Waals surface area contributed by atoms with E-state index < -0.39 is 5.97 Å². The van der Waals surface area contributed by atoms with Crippen molar-refractivity contribution in [2.75, 3.05) is 7.11 Å². The monoisotopic (exact) mass is 801 g/mol. The summed E-state index contributed by atoms with van der Waals surface area (Å²) < 4.78 is 7.67. The van der Waals surface area contributed by atoms with Crippen LogP contribution in [-0.2, 0) is 32.3 Å². The number of phenols is 2. The van der Waals surface area contributed by atoms with Crippen LogP contribution in [0.5, 0.6) is 23.3 Å². The third-order valence-electron chi connectivity index (χ3n) is 8.41. The van der Waals surface area contributed by atoms with Crippen LogP contribution >= 0.6 is 0 Å². The van der Waals surface area contributed by atoms with E-state index in [4.69, 9.17) is 4.74 Å². The predicted octanol–water partition coefficient (Wildman–Crippen LogP) is 8.76. The Morgan fingerprint density at radius 2 is 1.05 bits per heavy atom. The summed E-state index contributed by atoms with van der Waals surface area (Å²) in [5, 5.41) is 50.9. The quantitative estimate of drug-likeness (QED) is 0.0918. The maximum atomic E-state index is 11.7. The molecule has 1 radical (unpaired) electrons. The predicted molar refractivity (Wildman–Crippen MR) is 215 cm³/mol. The molecule has 56 heavy (non-hydrogen) atoms. The SMILES string of the molecule is COC(=O)c1ccc(O)c(N=Cc2c(C(C)(C)C)nn(-c3ccccc3)c2O)c1.Cc1ccc(O)c(N=Cc2c(C(C)(C)C)nn(-c3ccccc3)c2O)c1.[Co]. The number of nitrogens with zero attached hydrogens (tertiary/aromatic N) is 6. The number of hydrogen-bond donors (Lipinski definition) is 4. The van der Waals surface area contributed by atoms with Gasteiger partial charge in [-0.2, -0.15) is 10.2 Å². The Labute approximate surface area is 336 Å². The second-order valence-electron chi connectivity index (χ2n) is 14.9. The Bertz CT molecular complexity index is 2350. The van der Waals surface area contributed by atoms with Crippen LogP contribution in [0, 0.1) is 6.92 Å². The van der Waals surface area contributed by atoms with Gasteiger partial charge in [0.1, 0.15) is 22.9 Å². The van der Waals surface area contributed by atoms with Gasteiger partial charge in [0.2, 0.25) is 11.8 Å². The molecule has 0 unspecified atom stereocenters. The van der Waals surface area contributed by atoms with E-state index in [0.29, 0.717) is 28.2 Å². The van der Waals surface area contributed by atoms with E-state index in [1.54, 1.807) is 18.3 Å². The number of aryl methyl sites for hydroxylation is 1. The standard InChI is InChI=1S/C22H23N3O4.C21H23N3O2.Co/c1-22(2,3)19-16(20(27)25(24-19)15-8-6-5-7-9-15)13-23-17-12-14(21(28)29-4)10-11-18(17)26;1-14-10-11-18(25)17(12-14)22-13-16-19(21(2,3)4)23-24(20(16)26)15-8-6-5-7-9-15;/h5-13,26-27H,1-4H3;5-13,25-26H,1-4H3;. The van der Waals surface area contributed by atoms with Crippen molar-refractivity contribution in [1.29, 1.82) is 0 Å². The van der Waals surface area contributed by atoms with Crippen molar-refractivity contribution in [3.63, 3.8) is 0 Å². The van der Waals surface area contributed by atoms with E-state index in [0.717, 1.165) is 16.9 Å². The van der Waals surface area contributed by atoms with Crippen LogP contribution in [0.3, 0.4) is 0 Å². The summed E-state index contributed by atoms with van der Waals surface area (Å²) in [6.07, 6.45) is 3.01. The van der Waals surface area contributed by atoms with Gasteiger partial charge in [-0.25, -0.2) is 14.2 Å². The first kappa shape index (κ1) is 42.6. The van der Waals surface area contributed by atoms with E-state index in [-0.39, 0.29) is 62.1 Å². The Kier molecular flexibility index (Phi) is 13.3. The van der Waals surface area contributed by atoms with Crippen LogP contribution in [0.1, 0.15) is 80.0 Å². The number of aromatic hydroxyl groups is 4. The third-order valence-corrected chi connectivity index (χ3v) is 8.41. The Morgan fingerprint density at radius 3 is 1.46 bits per heavy atom. The average molecular weight is 802 g/mol. The first-order valence-electron chi connectivity index (χ1n) is 17.5. The molecule has 0 saturated heterocycles. The van der Waals surface area contributed by atoms with Gasteiger partial charge in [0, 0.05) is 40.0 Å². The summed E-state index contributed by atoms with van der Waals surface area (Å²) in [7, 11) is 1.28. The largest absolute Gasteiger partial charge is 0.506 e. The van der Waals surface area contributed by atoms with Gasteiger partial charge in [0.25, 0.3) is 0 Å². The Balaban J connectivity index is 0.000000246. The molecule has 0 saturated carbocycles. The number of hydrogen-bond acceptors (Lipinski definition) is 10. The number of carbonyl (C=O) groups is 1. The summed E-state index contributed by atoms with van der Waals surface area (Å²) in [4.78, 5) is 20.4. The maximum absolute atomic E-state index is 11.7. The molecule has 6 aromatic rings. The summed E-state index contributed by atoms with van der Waals surface area (Å²) >= 11 is 0. The molecule has 12 nitrogen and oxygen atoms in total. The van der Waals surface area contributed by atoms with Crippen molar-refractivity contribution in [3.8, 4) is 34.6 Å². The minimum atomic E-state index is -0.531. The molecule has 6 rings (SSSR count). The molecule has 2 heterocycles. The molecule has 2 aromatic heterocycles. The zero-order chi connectivity index (χ0) is 40.1. The number of phenolic OH excluding ortho intramolecular Hbond substituents is 2. The van der Waals surface area contributed by atoms with Crippen LogP contribution in [0.15, 0.2) is 107 Å². The number of benzene rings is 4. The van der Waals surface area contributed by atoms with E-state index >= 15 is 0 Å². The van der Waals surface area contributed by atoms with Gasteiger partial charge in [-0.1, -0.05) is 84.0 Å². The smallest absolute Gasteiger partial charge is 0.337 e. The van der Waals surface area contributed by atoms with Crippen LogP contribution in [0.4, 0.5) is 11.4 Å². The number of ether oxygens (including phenoxy) is 1. The molecule has 0 aliphatic heterocycles. The second-order valence-corrected chi connectivity index (χ2v) is 14.9. The molecule has 0 aliphatic rings. The molecular weight excluding hydrogens is 755 g/mol. The number of aliphatic imine (C=N–C) groups is 2. The van der Waals surface area contributed by atoms with E-state index in [1.807, 2.05) is 115 Å². The normalized spacial score (nSPS) is 11.6. The second kappa shape index (κ2) is 17.5. The zero-order valence-corrected chi connectivity index (χ0v) is 33.6. The third kappa shape index (κ3) is 9.72. The van der Waals surface area contributed by atoms with Gasteiger partial charge in [-0.3, -0.25) is 9.98 Å². The number of para-hydroxylation sites is 2. The minimum absolute atomic E-state index is 0. The fraction of sp³-hybridized carbons (Fsp3) is 0.233. The Morgan fingerprint density at radius 1 is 0.643 bits per heavy atom. The number of aromatic nitrogens is 4. The molecule has 0 fully saturated rings. The Hall–Kier alpha value is -6.18. The summed E-state index contributed by atoms with van der Waals surface area (Å²) in [5.41, 5.74) is 5.08. The van der Waals surface area contributed by atoms with E-state index in [1.165, 1.54) is 40.9 Å². The molecule has 0 atom stereocenters. The van der Waals surface area contributed by atoms with Crippen molar-refractivity contribution in [2.45, 2.75) is 59.3 Å². The first-order chi connectivity index (χ1) is 26.0. The van der Waals surface area contributed by atoms with Crippen molar-refractivity contribution >= 4 is 29.8 Å².